The van der Waals surface area contributed by atoms with Crippen molar-refractivity contribution in [2.45, 2.75) is 32.7 Å². The Morgan fingerprint density at radius 3 is 2.50 bits per heavy atom. The lowest BCUT2D eigenvalue weighted by Gasteiger charge is -2.45. The smallest absolute Gasteiger partial charge is 0.310 e. The van der Waals surface area contributed by atoms with Gasteiger partial charge in [0.1, 0.15) is 0 Å². The van der Waals surface area contributed by atoms with Gasteiger partial charge in [0.25, 0.3) is 0 Å². The minimum Gasteiger partial charge on any atom is -0.481 e. The van der Waals surface area contributed by atoms with Crippen LogP contribution in [0.15, 0.2) is 0 Å². The van der Waals surface area contributed by atoms with E-state index in [1.54, 1.807) is 13.8 Å². The molecule has 0 aromatic heterocycles. The molecule has 0 spiro atoms. The normalized spacial score (nSPS) is 34.0. The number of hydrogen-bond acceptors (Lipinski definition) is 3. The molecule has 1 unspecified atom stereocenters. The Bertz CT molecular complexity index is 270. The van der Waals surface area contributed by atoms with E-state index in [1.165, 1.54) is 25.9 Å². The number of carboxylic acids is 1. The predicted molar refractivity (Wildman–Crippen MR) is 62.4 cm³/mol. The molecule has 2 N–H and O–H groups in total. The van der Waals surface area contributed by atoms with Crippen LogP contribution in [0.4, 0.5) is 0 Å². The molecule has 3 fully saturated rings. The largest absolute Gasteiger partial charge is 0.481 e. The van der Waals surface area contributed by atoms with Crippen molar-refractivity contribution in [1.82, 2.24) is 10.2 Å². The highest BCUT2D eigenvalue weighted by molar-refractivity contribution is 5.73. The van der Waals surface area contributed by atoms with E-state index in [9.17, 15) is 4.79 Å². The third kappa shape index (κ3) is 2.38. The van der Waals surface area contributed by atoms with Crippen LogP contribution < -0.4 is 5.32 Å². The summed E-state index contributed by atoms with van der Waals surface area (Å²) in [6.45, 7) is 7.68. The summed E-state index contributed by atoms with van der Waals surface area (Å²) in [4.78, 5) is 13.5. The topological polar surface area (TPSA) is 52.6 Å². The Morgan fingerprint density at radius 2 is 2.06 bits per heavy atom. The standard InChI is InChI=1S/C12H22N2O2/c1-12(2,11(15)16)8-13-10-7-14-5-3-9(10)4-6-14/h9-10,13H,3-8H2,1-2H3,(H,15,16). The number of aliphatic carboxylic acids is 1. The molecule has 92 valence electrons. The molecule has 0 saturated carbocycles. The second-order valence-electron chi connectivity index (χ2n) is 5.81. The van der Waals surface area contributed by atoms with Gasteiger partial charge in [0.15, 0.2) is 0 Å². The molecule has 4 heteroatoms. The number of rotatable bonds is 4. The fourth-order valence-corrected chi connectivity index (χ4v) is 2.66. The summed E-state index contributed by atoms with van der Waals surface area (Å²) in [5, 5.41) is 12.5. The molecule has 3 saturated heterocycles. The Balaban J connectivity index is 1.84. The van der Waals surface area contributed by atoms with Crippen LogP contribution in [0, 0.1) is 11.3 Å². The highest BCUT2D eigenvalue weighted by Crippen LogP contribution is 2.28. The first-order chi connectivity index (χ1) is 7.49. The zero-order chi connectivity index (χ0) is 11.8. The van der Waals surface area contributed by atoms with E-state index >= 15 is 0 Å². The van der Waals surface area contributed by atoms with Gasteiger partial charge in [-0.2, -0.15) is 0 Å². The zero-order valence-electron chi connectivity index (χ0n) is 10.2. The zero-order valence-corrected chi connectivity index (χ0v) is 10.2. The van der Waals surface area contributed by atoms with Crippen LogP contribution in [-0.2, 0) is 4.79 Å². The second-order valence-corrected chi connectivity index (χ2v) is 5.81. The van der Waals surface area contributed by atoms with Crippen LogP contribution in [-0.4, -0.2) is 48.2 Å². The minimum atomic E-state index is -0.721. The molecule has 0 amide bonds. The van der Waals surface area contributed by atoms with E-state index < -0.39 is 11.4 Å². The third-order valence-electron chi connectivity index (χ3n) is 4.04. The SMILES string of the molecule is CC(C)(CNC1CN2CCC1CC2)C(=O)O. The van der Waals surface area contributed by atoms with Crippen LogP contribution in [0.5, 0.6) is 0 Å². The molecular formula is C12H22N2O2. The molecule has 3 aliphatic heterocycles. The van der Waals surface area contributed by atoms with Gasteiger partial charge in [-0.1, -0.05) is 0 Å². The van der Waals surface area contributed by atoms with E-state index in [2.05, 4.69) is 10.2 Å². The van der Waals surface area contributed by atoms with Crippen molar-refractivity contribution in [1.29, 1.82) is 0 Å². The van der Waals surface area contributed by atoms with E-state index in [1.807, 2.05) is 0 Å². The molecule has 0 radical (unpaired) electrons. The highest BCUT2D eigenvalue weighted by Gasteiger charge is 2.35. The Kier molecular flexibility index (Phi) is 3.22. The van der Waals surface area contributed by atoms with E-state index in [4.69, 9.17) is 5.11 Å². The summed E-state index contributed by atoms with van der Waals surface area (Å²) in [6, 6.07) is 0.501. The summed E-state index contributed by atoms with van der Waals surface area (Å²) in [5.74, 6) is 0.0378. The summed E-state index contributed by atoms with van der Waals surface area (Å²) in [5.41, 5.74) is -0.661. The summed E-state index contributed by atoms with van der Waals surface area (Å²) in [6.07, 6.45) is 2.54. The van der Waals surface area contributed by atoms with Crippen molar-refractivity contribution >= 4 is 5.97 Å². The fraction of sp³-hybridized carbons (Fsp3) is 0.917. The van der Waals surface area contributed by atoms with Crippen LogP contribution in [0.1, 0.15) is 26.7 Å². The quantitative estimate of drug-likeness (QED) is 0.744. The Labute approximate surface area is 97.0 Å². The van der Waals surface area contributed by atoms with Crippen molar-refractivity contribution in [3.8, 4) is 0 Å². The highest BCUT2D eigenvalue weighted by atomic mass is 16.4. The predicted octanol–water partition coefficient (Wildman–Crippen LogP) is 0.781. The van der Waals surface area contributed by atoms with Crippen LogP contribution >= 0.6 is 0 Å². The lowest BCUT2D eigenvalue weighted by atomic mass is 9.83. The van der Waals surface area contributed by atoms with Crippen molar-refractivity contribution in [2.75, 3.05) is 26.2 Å². The molecule has 3 heterocycles. The number of nitrogens with zero attached hydrogens (tertiary/aromatic N) is 1. The average Bonchev–Trinajstić information content (AvgIpc) is 2.28. The number of piperidine rings is 3. The monoisotopic (exact) mass is 226 g/mol. The van der Waals surface area contributed by atoms with Gasteiger partial charge in [-0.3, -0.25) is 4.79 Å². The summed E-state index contributed by atoms with van der Waals surface area (Å²) >= 11 is 0. The summed E-state index contributed by atoms with van der Waals surface area (Å²) in [7, 11) is 0. The first-order valence-electron chi connectivity index (χ1n) is 6.18. The lowest BCUT2D eigenvalue weighted by molar-refractivity contribution is -0.146. The first kappa shape index (κ1) is 11.9. The maximum Gasteiger partial charge on any atom is 0.310 e. The fourth-order valence-electron chi connectivity index (χ4n) is 2.66. The van der Waals surface area contributed by atoms with Crippen LogP contribution in [0.3, 0.4) is 0 Å². The average molecular weight is 226 g/mol. The number of hydrogen-bond donors (Lipinski definition) is 2. The first-order valence-corrected chi connectivity index (χ1v) is 6.18. The number of fused-ring (bicyclic) bond motifs is 3. The number of nitrogens with one attached hydrogen (secondary N) is 1. The molecule has 16 heavy (non-hydrogen) atoms. The van der Waals surface area contributed by atoms with Gasteiger partial charge < -0.3 is 15.3 Å². The Morgan fingerprint density at radius 1 is 1.44 bits per heavy atom. The van der Waals surface area contributed by atoms with Crippen LogP contribution in [0.2, 0.25) is 0 Å². The van der Waals surface area contributed by atoms with Crippen LogP contribution in [0.25, 0.3) is 0 Å². The van der Waals surface area contributed by atoms with Crippen molar-refractivity contribution in [3.63, 3.8) is 0 Å². The third-order valence-corrected chi connectivity index (χ3v) is 4.04. The van der Waals surface area contributed by atoms with Gasteiger partial charge in [-0.05, 0) is 45.7 Å². The molecule has 0 aromatic rings. The molecule has 4 nitrogen and oxygen atoms in total. The molecule has 3 aliphatic rings. The lowest BCUT2D eigenvalue weighted by Crippen LogP contribution is -2.57. The van der Waals surface area contributed by atoms with Gasteiger partial charge in [0.2, 0.25) is 0 Å². The molecular weight excluding hydrogens is 204 g/mol. The molecule has 1 atom stereocenters. The molecule has 3 rings (SSSR count). The van der Waals surface area contributed by atoms with Gasteiger partial charge in [-0.25, -0.2) is 0 Å². The van der Waals surface area contributed by atoms with E-state index in [0.717, 1.165) is 12.5 Å². The van der Waals surface area contributed by atoms with Gasteiger partial charge >= 0.3 is 5.97 Å². The van der Waals surface area contributed by atoms with Gasteiger partial charge in [0.05, 0.1) is 5.41 Å². The second kappa shape index (κ2) is 4.34. The maximum atomic E-state index is 11.0. The molecule has 0 aliphatic carbocycles. The van der Waals surface area contributed by atoms with Gasteiger partial charge in [-0.15, -0.1) is 0 Å². The molecule has 0 aromatic carbocycles. The van der Waals surface area contributed by atoms with Crippen molar-refractivity contribution in [2.24, 2.45) is 11.3 Å². The Hall–Kier alpha value is -0.610. The maximum absolute atomic E-state index is 11.0. The van der Waals surface area contributed by atoms with E-state index in [0.29, 0.717) is 12.6 Å². The van der Waals surface area contributed by atoms with Crippen molar-refractivity contribution < 1.29 is 9.90 Å². The van der Waals surface area contributed by atoms with Gasteiger partial charge in [0, 0.05) is 19.1 Å². The number of carboxylic acid groups (broad SMARTS) is 1. The summed E-state index contributed by atoms with van der Waals surface area (Å²) < 4.78 is 0. The molecule has 2 bridgehead atoms. The van der Waals surface area contributed by atoms with E-state index in [-0.39, 0.29) is 0 Å². The van der Waals surface area contributed by atoms with Crippen molar-refractivity contribution in [3.05, 3.63) is 0 Å². The minimum absolute atomic E-state index is 0.501. The number of carbonyl (C=O) groups is 1.